The summed E-state index contributed by atoms with van der Waals surface area (Å²) in [5, 5.41) is 0. The largest absolute Gasteiger partial charge is 0.493 e. The molecule has 0 atom stereocenters. The van der Waals surface area contributed by atoms with Crippen LogP contribution < -0.4 is 16.2 Å². The third kappa shape index (κ3) is 6.36. The fraction of sp³-hybridized carbons (Fsp3) is 0.556. The summed E-state index contributed by atoms with van der Waals surface area (Å²) in [6.07, 6.45) is 3.17. The maximum absolute atomic E-state index is 12.2. The Morgan fingerprint density at radius 3 is 2.40 bits per heavy atom. The monoisotopic (exact) mass is 349 g/mol. The van der Waals surface area contributed by atoms with E-state index in [1.54, 1.807) is 24.3 Å². The molecule has 1 fully saturated rings. The Kier molecular flexibility index (Phi) is 7.69. The number of carbonyl (C=O) groups is 2. The predicted molar refractivity (Wildman–Crippen MR) is 94.3 cm³/mol. The van der Waals surface area contributed by atoms with Crippen LogP contribution in [0, 0.1) is 0 Å². The van der Waals surface area contributed by atoms with Crippen molar-refractivity contribution in [3.05, 3.63) is 29.8 Å². The smallest absolute Gasteiger partial charge is 0.248 e. The van der Waals surface area contributed by atoms with Crippen LogP contribution in [-0.4, -0.2) is 55.7 Å². The summed E-state index contributed by atoms with van der Waals surface area (Å²) in [6, 6.07) is 6.56. The second kappa shape index (κ2) is 10.0. The van der Waals surface area contributed by atoms with Crippen molar-refractivity contribution in [3.8, 4) is 5.75 Å². The van der Waals surface area contributed by atoms with Gasteiger partial charge in [0, 0.05) is 25.3 Å². The fourth-order valence-electron chi connectivity index (χ4n) is 2.73. The lowest BCUT2D eigenvalue weighted by Gasteiger charge is -2.32. The Morgan fingerprint density at radius 2 is 1.80 bits per heavy atom. The lowest BCUT2D eigenvalue weighted by Crippen LogP contribution is -2.41. The minimum Gasteiger partial charge on any atom is -0.493 e. The van der Waals surface area contributed by atoms with E-state index in [1.165, 1.54) is 0 Å². The average molecular weight is 349 g/mol. The van der Waals surface area contributed by atoms with Crippen LogP contribution in [0.2, 0.25) is 0 Å². The molecular formula is C18H27N3O4. The molecule has 1 saturated heterocycles. The predicted octanol–water partition coefficient (Wildman–Crippen LogP) is 0.911. The average Bonchev–Trinajstić information content (AvgIpc) is 2.63. The SMILES string of the molecule is NCCCOC1CCN(C(=O)CCOc2ccc(C(N)=O)cc2)CC1. The van der Waals surface area contributed by atoms with Gasteiger partial charge < -0.3 is 25.8 Å². The Balaban J connectivity index is 1.65. The summed E-state index contributed by atoms with van der Waals surface area (Å²) in [5.74, 6) is 0.233. The van der Waals surface area contributed by atoms with Gasteiger partial charge in [-0.3, -0.25) is 9.59 Å². The van der Waals surface area contributed by atoms with E-state index in [-0.39, 0.29) is 12.0 Å². The molecule has 138 valence electrons. The molecule has 1 aromatic carbocycles. The van der Waals surface area contributed by atoms with Crippen LogP contribution in [0.1, 0.15) is 36.0 Å². The molecule has 1 aliphatic rings. The third-order valence-electron chi connectivity index (χ3n) is 4.22. The van der Waals surface area contributed by atoms with Gasteiger partial charge in [0.05, 0.1) is 19.1 Å². The van der Waals surface area contributed by atoms with Gasteiger partial charge in [-0.25, -0.2) is 0 Å². The zero-order valence-electron chi connectivity index (χ0n) is 14.5. The highest BCUT2D eigenvalue weighted by Crippen LogP contribution is 2.16. The zero-order valence-corrected chi connectivity index (χ0v) is 14.5. The van der Waals surface area contributed by atoms with E-state index < -0.39 is 5.91 Å². The molecule has 0 spiro atoms. The van der Waals surface area contributed by atoms with E-state index in [0.29, 0.717) is 37.5 Å². The lowest BCUT2D eigenvalue weighted by molar-refractivity contribution is -0.134. The van der Waals surface area contributed by atoms with E-state index in [2.05, 4.69) is 0 Å². The minimum absolute atomic E-state index is 0.0918. The van der Waals surface area contributed by atoms with Gasteiger partial charge in [-0.05, 0) is 50.1 Å². The van der Waals surface area contributed by atoms with Crippen molar-refractivity contribution in [2.75, 3.05) is 32.8 Å². The number of ether oxygens (including phenoxy) is 2. The summed E-state index contributed by atoms with van der Waals surface area (Å²) in [7, 11) is 0. The number of hydrogen-bond donors (Lipinski definition) is 2. The molecule has 1 aromatic rings. The summed E-state index contributed by atoms with van der Waals surface area (Å²) in [6.45, 7) is 3.08. The molecule has 7 nitrogen and oxygen atoms in total. The highest BCUT2D eigenvalue weighted by Gasteiger charge is 2.22. The minimum atomic E-state index is -0.475. The van der Waals surface area contributed by atoms with Gasteiger partial charge in [0.2, 0.25) is 11.8 Å². The van der Waals surface area contributed by atoms with Crippen molar-refractivity contribution in [2.45, 2.75) is 31.8 Å². The van der Waals surface area contributed by atoms with E-state index in [1.807, 2.05) is 4.90 Å². The Bertz CT molecular complexity index is 554. The molecule has 0 aliphatic carbocycles. The maximum Gasteiger partial charge on any atom is 0.248 e. The van der Waals surface area contributed by atoms with Gasteiger partial charge in [-0.1, -0.05) is 0 Å². The lowest BCUT2D eigenvalue weighted by atomic mass is 10.1. The summed E-state index contributed by atoms with van der Waals surface area (Å²) < 4.78 is 11.3. The van der Waals surface area contributed by atoms with Crippen LogP contribution in [-0.2, 0) is 9.53 Å². The number of nitrogens with two attached hydrogens (primary N) is 2. The summed E-state index contributed by atoms with van der Waals surface area (Å²) in [5.41, 5.74) is 11.1. The van der Waals surface area contributed by atoms with Gasteiger partial charge >= 0.3 is 0 Å². The summed E-state index contributed by atoms with van der Waals surface area (Å²) >= 11 is 0. The molecule has 25 heavy (non-hydrogen) atoms. The van der Waals surface area contributed by atoms with E-state index in [9.17, 15) is 9.59 Å². The van der Waals surface area contributed by atoms with Crippen molar-refractivity contribution in [1.82, 2.24) is 4.90 Å². The van der Waals surface area contributed by atoms with E-state index in [0.717, 1.165) is 32.4 Å². The molecule has 4 N–H and O–H groups in total. The van der Waals surface area contributed by atoms with Crippen LogP contribution >= 0.6 is 0 Å². The summed E-state index contributed by atoms with van der Waals surface area (Å²) in [4.78, 5) is 25.1. The van der Waals surface area contributed by atoms with Crippen molar-refractivity contribution < 1.29 is 19.1 Å². The number of benzene rings is 1. The number of carbonyl (C=O) groups excluding carboxylic acids is 2. The maximum atomic E-state index is 12.2. The molecule has 0 aromatic heterocycles. The van der Waals surface area contributed by atoms with Crippen molar-refractivity contribution >= 4 is 11.8 Å². The second-order valence-corrected chi connectivity index (χ2v) is 6.08. The number of rotatable bonds is 9. The third-order valence-corrected chi connectivity index (χ3v) is 4.22. The van der Waals surface area contributed by atoms with Crippen molar-refractivity contribution in [3.63, 3.8) is 0 Å². The first-order valence-electron chi connectivity index (χ1n) is 8.72. The molecule has 2 rings (SSSR count). The standard InChI is InChI=1S/C18H27N3O4/c19-9-1-12-24-16-6-10-21(11-7-16)17(22)8-13-25-15-4-2-14(3-5-15)18(20)23/h2-5,16H,1,6-13,19H2,(H2,20,23). The number of nitrogens with zero attached hydrogens (tertiary/aromatic N) is 1. The molecule has 0 radical (unpaired) electrons. The first-order chi connectivity index (χ1) is 12.1. The Morgan fingerprint density at radius 1 is 1.12 bits per heavy atom. The molecular weight excluding hydrogens is 322 g/mol. The molecule has 1 aliphatic heterocycles. The van der Waals surface area contributed by atoms with E-state index >= 15 is 0 Å². The molecule has 7 heteroatoms. The first-order valence-corrected chi connectivity index (χ1v) is 8.72. The van der Waals surface area contributed by atoms with Crippen molar-refractivity contribution in [1.29, 1.82) is 0 Å². The number of piperidine rings is 1. The van der Waals surface area contributed by atoms with Crippen LogP contribution in [0.3, 0.4) is 0 Å². The number of primary amides is 1. The van der Waals surface area contributed by atoms with Gasteiger partial charge in [0.25, 0.3) is 0 Å². The quantitative estimate of drug-likeness (QED) is 0.644. The highest BCUT2D eigenvalue weighted by molar-refractivity contribution is 5.92. The van der Waals surface area contributed by atoms with Crippen molar-refractivity contribution in [2.24, 2.45) is 11.5 Å². The molecule has 2 amide bonds. The second-order valence-electron chi connectivity index (χ2n) is 6.08. The fourth-order valence-corrected chi connectivity index (χ4v) is 2.73. The number of likely N-dealkylation sites (tertiary alicyclic amines) is 1. The van der Waals surface area contributed by atoms with Gasteiger partial charge in [0.15, 0.2) is 0 Å². The number of hydrogen-bond acceptors (Lipinski definition) is 5. The first kappa shape index (κ1) is 19.2. The van der Waals surface area contributed by atoms with Crippen LogP contribution in [0.4, 0.5) is 0 Å². The van der Waals surface area contributed by atoms with Gasteiger partial charge in [0.1, 0.15) is 5.75 Å². The van der Waals surface area contributed by atoms with Gasteiger partial charge in [-0.15, -0.1) is 0 Å². The Labute approximate surface area is 148 Å². The zero-order chi connectivity index (χ0) is 18.1. The number of amides is 2. The molecule has 0 saturated carbocycles. The van der Waals surface area contributed by atoms with E-state index in [4.69, 9.17) is 20.9 Å². The molecule has 1 heterocycles. The van der Waals surface area contributed by atoms with Gasteiger partial charge in [-0.2, -0.15) is 0 Å². The Hall–Kier alpha value is -2.12. The highest BCUT2D eigenvalue weighted by atomic mass is 16.5. The molecule has 0 unspecified atom stereocenters. The molecule has 0 bridgehead atoms. The van der Waals surface area contributed by atoms with Crippen LogP contribution in [0.25, 0.3) is 0 Å². The van der Waals surface area contributed by atoms with Crippen LogP contribution in [0.5, 0.6) is 5.75 Å². The topological polar surface area (TPSA) is 108 Å². The normalized spacial score (nSPS) is 15.2. The van der Waals surface area contributed by atoms with Crippen LogP contribution in [0.15, 0.2) is 24.3 Å².